The van der Waals surface area contributed by atoms with Gasteiger partial charge in [-0.15, -0.1) is 0 Å². The molecule has 0 unspecified atom stereocenters. The van der Waals surface area contributed by atoms with Crippen molar-refractivity contribution in [3.63, 3.8) is 0 Å². The molecule has 1 aromatic carbocycles. The predicted molar refractivity (Wildman–Crippen MR) is 55.8 cm³/mol. The fourth-order valence-corrected chi connectivity index (χ4v) is 1.57. The topological polar surface area (TPSA) is 89.3 Å². The minimum atomic E-state index is -3.69. The van der Waals surface area contributed by atoms with Crippen LogP contribution in [0.2, 0.25) is 0 Å². The standard InChI is InChI=1S/C9H12N2O3S/c1-2-11-9(12)7-3-5-8(6-4-7)15(10,13)14/h3-6H,2H2,1H3,(H,11,12)(H2,10,13,14). The molecule has 1 aromatic rings. The van der Waals surface area contributed by atoms with E-state index in [1.165, 1.54) is 24.3 Å². The van der Waals surface area contributed by atoms with Gasteiger partial charge in [0.2, 0.25) is 10.0 Å². The molecule has 0 radical (unpaired) electrons. The summed E-state index contributed by atoms with van der Waals surface area (Å²) in [6, 6.07) is 5.45. The molecule has 0 bridgehead atoms. The minimum absolute atomic E-state index is 0.00412. The second-order valence-corrected chi connectivity index (χ2v) is 4.49. The maximum absolute atomic E-state index is 11.3. The third-order valence-electron chi connectivity index (χ3n) is 1.78. The van der Waals surface area contributed by atoms with E-state index in [0.717, 1.165) is 0 Å². The fourth-order valence-electron chi connectivity index (χ4n) is 1.06. The Morgan fingerprint density at radius 1 is 1.33 bits per heavy atom. The Kier molecular flexibility index (Phi) is 3.43. The lowest BCUT2D eigenvalue weighted by atomic mass is 10.2. The fraction of sp³-hybridized carbons (Fsp3) is 0.222. The number of nitrogens with one attached hydrogen (secondary N) is 1. The van der Waals surface area contributed by atoms with Gasteiger partial charge >= 0.3 is 0 Å². The first-order valence-electron chi connectivity index (χ1n) is 4.36. The lowest BCUT2D eigenvalue weighted by Crippen LogP contribution is -2.22. The van der Waals surface area contributed by atoms with Crippen molar-refractivity contribution in [2.24, 2.45) is 5.14 Å². The molecule has 82 valence electrons. The molecule has 0 saturated heterocycles. The van der Waals surface area contributed by atoms with E-state index in [2.05, 4.69) is 5.32 Å². The van der Waals surface area contributed by atoms with Gasteiger partial charge in [-0.2, -0.15) is 0 Å². The van der Waals surface area contributed by atoms with Gasteiger partial charge in [0.05, 0.1) is 4.90 Å². The number of carbonyl (C=O) groups is 1. The van der Waals surface area contributed by atoms with Crippen molar-refractivity contribution in [1.29, 1.82) is 0 Å². The van der Waals surface area contributed by atoms with Crippen LogP contribution in [0.3, 0.4) is 0 Å². The SMILES string of the molecule is CCNC(=O)c1ccc(S(N)(=O)=O)cc1. The molecule has 0 aliphatic heterocycles. The molecule has 0 aliphatic carbocycles. The van der Waals surface area contributed by atoms with Gasteiger partial charge in [-0.1, -0.05) is 0 Å². The summed E-state index contributed by atoms with van der Waals surface area (Å²) in [6.45, 7) is 2.33. The molecule has 0 aromatic heterocycles. The zero-order valence-electron chi connectivity index (χ0n) is 8.23. The minimum Gasteiger partial charge on any atom is -0.352 e. The highest BCUT2D eigenvalue weighted by Crippen LogP contribution is 2.08. The van der Waals surface area contributed by atoms with Gasteiger partial charge in [0.15, 0.2) is 0 Å². The third kappa shape index (κ3) is 3.03. The molecule has 0 atom stereocenters. The second kappa shape index (κ2) is 4.41. The van der Waals surface area contributed by atoms with Crippen molar-refractivity contribution in [2.45, 2.75) is 11.8 Å². The molecular formula is C9H12N2O3S. The number of amides is 1. The van der Waals surface area contributed by atoms with E-state index < -0.39 is 10.0 Å². The maximum Gasteiger partial charge on any atom is 0.251 e. The van der Waals surface area contributed by atoms with Crippen molar-refractivity contribution in [3.05, 3.63) is 29.8 Å². The monoisotopic (exact) mass is 228 g/mol. The number of rotatable bonds is 3. The van der Waals surface area contributed by atoms with E-state index >= 15 is 0 Å². The van der Waals surface area contributed by atoms with Crippen LogP contribution in [0.1, 0.15) is 17.3 Å². The Bertz CT molecular complexity index is 451. The number of nitrogens with two attached hydrogens (primary N) is 1. The molecule has 1 amide bonds. The lowest BCUT2D eigenvalue weighted by Gasteiger charge is -2.02. The van der Waals surface area contributed by atoms with Crippen LogP contribution in [0.25, 0.3) is 0 Å². The highest BCUT2D eigenvalue weighted by Gasteiger charge is 2.09. The summed E-state index contributed by atoms with van der Waals surface area (Å²) in [6.07, 6.45) is 0. The molecule has 0 saturated carbocycles. The summed E-state index contributed by atoms with van der Waals surface area (Å²) in [5.41, 5.74) is 0.407. The maximum atomic E-state index is 11.3. The first kappa shape index (κ1) is 11.7. The van der Waals surface area contributed by atoms with Crippen molar-refractivity contribution in [3.8, 4) is 0 Å². The van der Waals surface area contributed by atoms with Gasteiger partial charge in [0.25, 0.3) is 5.91 Å². The number of sulfonamides is 1. The van der Waals surface area contributed by atoms with Crippen LogP contribution in [-0.4, -0.2) is 20.9 Å². The van der Waals surface area contributed by atoms with Crippen molar-refractivity contribution in [2.75, 3.05) is 6.54 Å². The molecule has 3 N–H and O–H groups in total. The Morgan fingerprint density at radius 2 is 1.87 bits per heavy atom. The largest absolute Gasteiger partial charge is 0.352 e. The van der Waals surface area contributed by atoms with E-state index in [1.54, 1.807) is 6.92 Å². The van der Waals surface area contributed by atoms with Gasteiger partial charge in [-0.25, -0.2) is 13.6 Å². The zero-order valence-corrected chi connectivity index (χ0v) is 9.04. The summed E-state index contributed by atoms with van der Waals surface area (Å²) < 4.78 is 21.8. The van der Waals surface area contributed by atoms with Gasteiger partial charge < -0.3 is 5.32 Å². The van der Waals surface area contributed by atoms with Crippen LogP contribution in [0, 0.1) is 0 Å². The van der Waals surface area contributed by atoms with E-state index in [9.17, 15) is 13.2 Å². The second-order valence-electron chi connectivity index (χ2n) is 2.93. The Hall–Kier alpha value is -1.40. The molecule has 15 heavy (non-hydrogen) atoms. The van der Waals surface area contributed by atoms with Crippen molar-refractivity contribution in [1.82, 2.24) is 5.32 Å². The van der Waals surface area contributed by atoms with E-state index in [-0.39, 0.29) is 10.8 Å². The molecule has 0 heterocycles. The summed E-state index contributed by atoms with van der Waals surface area (Å²) in [7, 11) is -3.69. The van der Waals surface area contributed by atoms with Gasteiger partial charge in [0, 0.05) is 12.1 Å². The van der Waals surface area contributed by atoms with E-state index in [1.807, 2.05) is 0 Å². The smallest absolute Gasteiger partial charge is 0.251 e. The van der Waals surface area contributed by atoms with Crippen LogP contribution in [0.5, 0.6) is 0 Å². The van der Waals surface area contributed by atoms with Crippen molar-refractivity contribution >= 4 is 15.9 Å². The first-order valence-corrected chi connectivity index (χ1v) is 5.91. The molecular weight excluding hydrogens is 216 g/mol. The summed E-state index contributed by atoms with van der Waals surface area (Å²) in [4.78, 5) is 11.3. The first-order chi connectivity index (χ1) is 6.95. The Labute approximate surface area is 88.3 Å². The molecule has 0 fully saturated rings. The van der Waals surface area contributed by atoms with Crippen LogP contribution in [0.15, 0.2) is 29.2 Å². The molecule has 5 nitrogen and oxygen atoms in total. The van der Waals surface area contributed by atoms with Gasteiger partial charge in [0.1, 0.15) is 0 Å². The highest BCUT2D eigenvalue weighted by molar-refractivity contribution is 7.89. The Balaban J connectivity index is 2.96. The van der Waals surface area contributed by atoms with Crippen LogP contribution >= 0.6 is 0 Å². The van der Waals surface area contributed by atoms with Gasteiger partial charge in [-0.05, 0) is 31.2 Å². The zero-order chi connectivity index (χ0) is 11.5. The number of hydrogen-bond acceptors (Lipinski definition) is 3. The van der Waals surface area contributed by atoms with Crippen LogP contribution < -0.4 is 10.5 Å². The number of hydrogen-bond donors (Lipinski definition) is 2. The van der Waals surface area contributed by atoms with Crippen molar-refractivity contribution < 1.29 is 13.2 Å². The number of carbonyl (C=O) groups excluding carboxylic acids is 1. The Morgan fingerprint density at radius 3 is 2.27 bits per heavy atom. The summed E-state index contributed by atoms with van der Waals surface area (Å²) in [5, 5.41) is 7.51. The third-order valence-corrected chi connectivity index (χ3v) is 2.71. The van der Waals surface area contributed by atoms with E-state index in [0.29, 0.717) is 12.1 Å². The highest BCUT2D eigenvalue weighted by atomic mass is 32.2. The lowest BCUT2D eigenvalue weighted by molar-refractivity contribution is 0.0955. The average Bonchev–Trinajstić information content (AvgIpc) is 2.17. The van der Waals surface area contributed by atoms with Gasteiger partial charge in [-0.3, -0.25) is 4.79 Å². The summed E-state index contributed by atoms with van der Waals surface area (Å²) in [5.74, 6) is -0.238. The van der Waals surface area contributed by atoms with E-state index in [4.69, 9.17) is 5.14 Å². The molecule has 1 rings (SSSR count). The number of benzene rings is 1. The molecule has 0 spiro atoms. The average molecular weight is 228 g/mol. The number of primary sulfonamides is 1. The van der Waals surface area contributed by atoms with Crippen LogP contribution in [-0.2, 0) is 10.0 Å². The molecule has 6 heteroatoms. The van der Waals surface area contributed by atoms with Crippen LogP contribution in [0.4, 0.5) is 0 Å². The summed E-state index contributed by atoms with van der Waals surface area (Å²) >= 11 is 0. The quantitative estimate of drug-likeness (QED) is 0.768. The molecule has 0 aliphatic rings. The predicted octanol–water partition coefficient (Wildman–Crippen LogP) is 0.0837. The normalized spacial score (nSPS) is 11.1.